The zero-order chi connectivity index (χ0) is 12.1. The Bertz CT molecular complexity index is 392. The van der Waals surface area contributed by atoms with E-state index < -0.39 is 0 Å². The number of morpholine rings is 1. The summed E-state index contributed by atoms with van der Waals surface area (Å²) >= 11 is 0. The molecule has 0 radical (unpaired) electrons. The molecule has 5 heteroatoms. The minimum absolute atomic E-state index is 0. The van der Waals surface area contributed by atoms with Crippen LogP contribution in [0.25, 0.3) is 0 Å². The summed E-state index contributed by atoms with van der Waals surface area (Å²) in [6.07, 6.45) is 0.453. The van der Waals surface area contributed by atoms with E-state index in [4.69, 9.17) is 4.74 Å². The Labute approximate surface area is 114 Å². The Balaban J connectivity index is 0.00000162. The standard InChI is InChI=1S/C13H18N2O2.ClH/c1-10-4-2-3-5-12(10)15-13(16)8-11-9-17-7-6-14-11;/h2-5,11,14H,6-9H2,1H3,(H,15,16);1H. The summed E-state index contributed by atoms with van der Waals surface area (Å²) in [6, 6.07) is 7.91. The molecule has 0 aromatic heterocycles. The number of benzene rings is 1. The van der Waals surface area contributed by atoms with E-state index in [1.54, 1.807) is 0 Å². The van der Waals surface area contributed by atoms with Crippen molar-refractivity contribution >= 4 is 24.0 Å². The first-order valence-corrected chi connectivity index (χ1v) is 5.92. The van der Waals surface area contributed by atoms with Crippen LogP contribution in [0.1, 0.15) is 12.0 Å². The van der Waals surface area contributed by atoms with E-state index in [0.717, 1.165) is 24.4 Å². The number of ether oxygens (including phenoxy) is 1. The summed E-state index contributed by atoms with van der Waals surface area (Å²) in [4.78, 5) is 11.8. The Hall–Kier alpha value is -1.10. The molecule has 2 N–H and O–H groups in total. The van der Waals surface area contributed by atoms with Crippen molar-refractivity contribution in [2.75, 3.05) is 25.1 Å². The molecule has 100 valence electrons. The van der Waals surface area contributed by atoms with E-state index in [-0.39, 0.29) is 24.4 Å². The third kappa shape index (κ3) is 4.29. The Kier molecular flexibility index (Phi) is 6.12. The summed E-state index contributed by atoms with van der Waals surface area (Å²) in [6.45, 7) is 4.15. The number of carbonyl (C=O) groups excluding carboxylic acids is 1. The van der Waals surface area contributed by atoms with Gasteiger partial charge in [0.05, 0.1) is 13.2 Å². The normalized spacial score (nSPS) is 18.8. The highest BCUT2D eigenvalue weighted by Gasteiger charge is 2.16. The quantitative estimate of drug-likeness (QED) is 0.880. The SMILES string of the molecule is Cc1ccccc1NC(=O)CC1COCCN1.Cl. The van der Waals surface area contributed by atoms with E-state index in [1.165, 1.54) is 0 Å². The largest absolute Gasteiger partial charge is 0.378 e. The van der Waals surface area contributed by atoms with E-state index in [2.05, 4.69) is 10.6 Å². The first-order valence-electron chi connectivity index (χ1n) is 5.92. The van der Waals surface area contributed by atoms with Crippen LogP contribution in [0.15, 0.2) is 24.3 Å². The number of nitrogens with one attached hydrogen (secondary N) is 2. The molecule has 2 rings (SSSR count). The molecule has 1 amide bonds. The van der Waals surface area contributed by atoms with E-state index >= 15 is 0 Å². The van der Waals surface area contributed by atoms with Crippen LogP contribution >= 0.6 is 12.4 Å². The number of hydrogen-bond acceptors (Lipinski definition) is 3. The van der Waals surface area contributed by atoms with Gasteiger partial charge in [0.25, 0.3) is 0 Å². The van der Waals surface area contributed by atoms with Crippen LogP contribution in [-0.4, -0.2) is 31.7 Å². The highest BCUT2D eigenvalue weighted by molar-refractivity contribution is 5.91. The molecule has 0 aliphatic carbocycles. The second-order valence-corrected chi connectivity index (χ2v) is 4.29. The molecule has 1 aliphatic heterocycles. The fourth-order valence-corrected chi connectivity index (χ4v) is 1.89. The number of halogens is 1. The summed E-state index contributed by atoms with van der Waals surface area (Å²) in [5.74, 6) is 0.0299. The molecule has 1 unspecified atom stereocenters. The molecule has 0 bridgehead atoms. The highest BCUT2D eigenvalue weighted by atomic mass is 35.5. The van der Waals surface area contributed by atoms with Gasteiger partial charge in [-0.25, -0.2) is 0 Å². The zero-order valence-electron chi connectivity index (χ0n) is 10.4. The number of para-hydroxylation sites is 1. The summed E-state index contributed by atoms with van der Waals surface area (Å²) < 4.78 is 5.31. The second-order valence-electron chi connectivity index (χ2n) is 4.29. The lowest BCUT2D eigenvalue weighted by atomic mass is 10.1. The fraction of sp³-hybridized carbons (Fsp3) is 0.462. The maximum Gasteiger partial charge on any atom is 0.226 e. The van der Waals surface area contributed by atoms with Crippen LogP contribution in [0.4, 0.5) is 5.69 Å². The maximum atomic E-state index is 11.8. The fourth-order valence-electron chi connectivity index (χ4n) is 1.89. The molecule has 1 aliphatic rings. The molecule has 1 heterocycles. The predicted molar refractivity (Wildman–Crippen MR) is 74.3 cm³/mol. The Morgan fingerprint density at radius 3 is 2.94 bits per heavy atom. The van der Waals surface area contributed by atoms with Gasteiger partial charge in [-0.2, -0.15) is 0 Å². The van der Waals surface area contributed by atoms with Crippen molar-refractivity contribution < 1.29 is 9.53 Å². The van der Waals surface area contributed by atoms with E-state index in [0.29, 0.717) is 13.0 Å². The number of carbonyl (C=O) groups is 1. The van der Waals surface area contributed by atoms with Gasteiger partial charge in [-0.15, -0.1) is 12.4 Å². The third-order valence-electron chi connectivity index (χ3n) is 2.85. The summed E-state index contributed by atoms with van der Waals surface area (Å²) in [5, 5.41) is 6.19. The number of rotatable bonds is 3. The predicted octanol–water partition coefficient (Wildman–Crippen LogP) is 1.73. The minimum atomic E-state index is 0. The lowest BCUT2D eigenvalue weighted by Crippen LogP contribution is -2.43. The van der Waals surface area contributed by atoms with E-state index in [9.17, 15) is 4.79 Å². The van der Waals surface area contributed by atoms with Crippen molar-refractivity contribution in [3.05, 3.63) is 29.8 Å². The lowest BCUT2D eigenvalue weighted by Gasteiger charge is -2.23. The van der Waals surface area contributed by atoms with Gasteiger partial charge in [0.15, 0.2) is 0 Å². The van der Waals surface area contributed by atoms with Gasteiger partial charge in [-0.1, -0.05) is 18.2 Å². The lowest BCUT2D eigenvalue weighted by molar-refractivity contribution is -0.117. The molecule has 4 nitrogen and oxygen atoms in total. The number of hydrogen-bond donors (Lipinski definition) is 2. The molecule has 1 fully saturated rings. The molecular weight excluding hydrogens is 252 g/mol. The molecular formula is C13H19ClN2O2. The van der Waals surface area contributed by atoms with Gasteiger partial charge in [0, 0.05) is 24.7 Å². The van der Waals surface area contributed by atoms with Crippen LogP contribution in [-0.2, 0) is 9.53 Å². The van der Waals surface area contributed by atoms with Crippen LogP contribution in [0, 0.1) is 6.92 Å². The summed E-state index contributed by atoms with van der Waals surface area (Å²) in [5.41, 5.74) is 1.96. The van der Waals surface area contributed by atoms with Gasteiger partial charge in [0.1, 0.15) is 0 Å². The Morgan fingerprint density at radius 1 is 1.50 bits per heavy atom. The average Bonchev–Trinajstić information content (AvgIpc) is 2.33. The number of amides is 1. The van der Waals surface area contributed by atoms with Crippen LogP contribution in [0.5, 0.6) is 0 Å². The topological polar surface area (TPSA) is 50.4 Å². The van der Waals surface area contributed by atoms with Gasteiger partial charge in [0.2, 0.25) is 5.91 Å². The molecule has 1 saturated heterocycles. The van der Waals surface area contributed by atoms with Gasteiger partial charge < -0.3 is 15.4 Å². The van der Waals surface area contributed by atoms with Crippen LogP contribution in [0.3, 0.4) is 0 Å². The number of aryl methyl sites for hydroxylation is 1. The van der Waals surface area contributed by atoms with Crippen molar-refractivity contribution in [1.29, 1.82) is 0 Å². The molecule has 18 heavy (non-hydrogen) atoms. The molecule has 1 atom stereocenters. The van der Waals surface area contributed by atoms with Crippen LogP contribution < -0.4 is 10.6 Å². The molecule has 0 saturated carbocycles. The minimum Gasteiger partial charge on any atom is -0.378 e. The third-order valence-corrected chi connectivity index (χ3v) is 2.85. The smallest absolute Gasteiger partial charge is 0.226 e. The monoisotopic (exact) mass is 270 g/mol. The molecule has 1 aromatic carbocycles. The molecule has 1 aromatic rings. The van der Waals surface area contributed by atoms with E-state index in [1.807, 2.05) is 31.2 Å². The first kappa shape index (κ1) is 15.0. The van der Waals surface area contributed by atoms with Gasteiger partial charge in [-0.05, 0) is 18.6 Å². The Morgan fingerprint density at radius 2 is 2.28 bits per heavy atom. The van der Waals surface area contributed by atoms with Crippen LogP contribution in [0.2, 0.25) is 0 Å². The van der Waals surface area contributed by atoms with Crippen molar-refractivity contribution in [3.63, 3.8) is 0 Å². The van der Waals surface area contributed by atoms with Crippen molar-refractivity contribution in [3.8, 4) is 0 Å². The number of anilines is 1. The van der Waals surface area contributed by atoms with Gasteiger partial charge in [-0.3, -0.25) is 4.79 Å². The maximum absolute atomic E-state index is 11.8. The van der Waals surface area contributed by atoms with Crippen molar-refractivity contribution in [1.82, 2.24) is 5.32 Å². The summed E-state index contributed by atoms with van der Waals surface area (Å²) in [7, 11) is 0. The van der Waals surface area contributed by atoms with Crippen molar-refractivity contribution in [2.45, 2.75) is 19.4 Å². The second kappa shape index (κ2) is 7.36. The first-order chi connectivity index (χ1) is 8.25. The van der Waals surface area contributed by atoms with Crippen molar-refractivity contribution in [2.24, 2.45) is 0 Å². The zero-order valence-corrected chi connectivity index (χ0v) is 11.3. The van der Waals surface area contributed by atoms with Gasteiger partial charge >= 0.3 is 0 Å². The highest BCUT2D eigenvalue weighted by Crippen LogP contribution is 2.13. The average molecular weight is 271 g/mol. The molecule has 0 spiro atoms.